The average molecular weight is 150 g/mol. The summed E-state index contributed by atoms with van der Waals surface area (Å²) in [5, 5.41) is 18.6. The second-order valence-corrected chi connectivity index (χ2v) is 1.90. The molecule has 4 heteroatoms. The fraction of sp³-hybridized carbons (Fsp3) is 0. The number of hydrogen-bond donors (Lipinski definition) is 0. The fourth-order valence-corrected chi connectivity index (χ4v) is 0.733. The van der Waals surface area contributed by atoms with Gasteiger partial charge in [0.15, 0.2) is 4.98 Å². The van der Waals surface area contributed by atoms with Gasteiger partial charge in [-0.1, -0.05) is 12.1 Å². The molecular formula is C7H6N2O2. The second-order valence-electron chi connectivity index (χ2n) is 1.90. The van der Waals surface area contributed by atoms with Crippen molar-refractivity contribution in [1.82, 2.24) is 0 Å². The maximum atomic E-state index is 10.3. The molecule has 0 radical (unpaired) electrons. The van der Waals surface area contributed by atoms with E-state index in [4.69, 9.17) is 5.39 Å². The number of carbonyl (C=O) groups excluding carboxylic acids is 1. The van der Waals surface area contributed by atoms with E-state index in [9.17, 15) is 9.90 Å². The van der Waals surface area contributed by atoms with Crippen LogP contribution in [0.5, 0.6) is 0 Å². The maximum absolute atomic E-state index is 10.3. The molecule has 56 valence electrons. The van der Waals surface area contributed by atoms with Gasteiger partial charge in [0.2, 0.25) is 5.39 Å². The molecule has 0 saturated heterocycles. The van der Waals surface area contributed by atoms with Crippen LogP contribution in [0.25, 0.3) is 4.98 Å². The first-order valence-electron chi connectivity index (χ1n) is 2.91. The summed E-state index contributed by atoms with van der Waals surface area (Å²) in [6.45, 7) is 0. The van der Waals surface area contributed by atoms with E-state index < -0.39 is 5.97 Å². The standard InChI is InChI=1S/C7H4N2O2.H2/c8-9-6-4-2-1-3-5(6)7(10)11;/h1-4H;1H. The zero-order valence-electron chi connectivity index (χ0n) is 5.52. The Morgan fingerprint density at radius 3 is 2.64 bits per heavy atom. The molecule has 0 aliphatic heterocycles. The van der Waals surface area contributed by atoms with E-state index in [2.05, 4.69) is 4.98 Å². The van der Waals surface area contributed by atoms with Crippen molar-refractivity contribution in [2.75, 3.05) is 0 Å². The molecule has 1 aromatic rings. The highest BCUT2D eigenvalue weighted by Crippen LogP contribution is 2.16. The summed E-state index contributed by atoms with van der Waals surface area (Å²) in [4.78, 5) is 13.1. The van der Waals surface area contributed by atoms with Gasteiger partial charge >= 0.3 is 5.69 Å². The van der Waals surface area contributed by atoms with Crippen LogP contribution in [0.3, 0.4) is 0 Å². The number of hydrogen-bond acceptors (Lipinski definition) is 3. The molecule has 0 atom stereocenters. The number of carboxylic acid groups (broad SMARTS) is 1. The zero-order valence-corrected chi connectivity index (χ0v) is 5.52. The van der Waals surface area contributed by atoms with Crippen molar-refractivity contribution in [3.8, 4) is 0 Å². The van der Waals surface area contributed by atoms with Crippen LogP contribution < -0.4 is 5.11 Å². The van der Waals surface area contributed by atoms with Crippen LogP contribution >= 0.6 is 0 Å². The number of rotatable bonds is 1. The topological polar surface area (TPSA) is 68.3 Å². The van der Waals surface area contributed by atoms with Gasteiger partial charge in [-0.25, -0.2) is 0 Å². The van der Waals surface area contributed by atoms with E-state index in [-0.39, 0.29) is 12.7 Å². The molecule has 0 bridgehead atoms. The van der Waals surface area contributed by atoms with Gasteiger partial charge in [-0.2, -0.15) is 0 Å². The van der Waals surface area contributed by atoms with Crippen LogP contribution in [0, 0.1) is 5.39 Å². The Balaban J connectivity index is 0.00000121. The second kappa shape index (κ2) is 2.80. The molecule has 0 amide bonds. The Hall–Kier alpha value is -1.89. The molecular weight excluding hydrogens is 144 g/mol. The fourth-order valence-electron chi connectivity index (χ4n) is 0.733. The molecule has 4 nitrogen and oxygen atoms in total. The molecule has 0 aliphatic carbocycles. The van der Waals surface area contributed by atoms with Gasteiger partial charge in [0.1, 0.15) is 0 Å². The molecule has 1 rings (SSSR count). The van der Waals surface area contributed by atoms with E-state index in [0.717, 1.165) is 0 Å². The van der Waals surface area contributed by atoms with E-state index >= 15 is 0 Å². The number of benzene rings is 1. The summed E-state index contributed by atoms with van der Waals surface area (Å²) in [6.07, 6.45) is 0. The van der Waals surface area contributed by atoms with Gasteiger partial charge in [0.05, 0.1) is 11.5 Å². The third-order valence-corrected chi connectivity index (χ3v) is 1.23. The number of carboxylic acids is 1. The Labute approximate surface area is 64.2 Å². The predicted octanol–water partition coefficient (Wildman–Crippen LogP) is 0.781. The van der Waals surface area contributed by atoms with Gasteiger partial charge < -0.3 is 9.90 Å². The molecule has 1 aromatic carbocycles. The highest BCUT2D eigenvalue weighted by atomic mass is 16.4. The van der Waals surface area contributed by atoms with Crippen molar-refractivity contribution in [3.05, 3.63) is 34.8 Å². The van der Waals surface area contributed by atoms with Gasteiger partial charge in [-0.3, -0.25) is 0 Å². The molecule has 0 aliphatic rings. The smallest absolute Gasteiger partial charge is 0.394 e. The molecule has 0 heterocycles. The summed E-state index contributed by atoms with van der Waals surface area (Å²) >= 11 is 0. The Morgan fingerprint density at radius 1 is 1.55 bits per heavy atom. The Morgan fingerprint density at radius 2 is 2.18 bits per heavy atom. The van der Waals surface area contributed by atoms with Crippen molar-refractivity contribution in [2.24, 2.45) is 0 Å². The maximum Gasteiger partial charge on any atom is 0.394 e. The minimum absolute atomic E-state index is 0. The number of carbonyl (C=O) groups is 1. The lowest BCUT2D eigenvalue weighted by atomic mass is 10.2. The Bertz CT molecular complexity index is 332. The summed E-state index contributed by atoms with van der Waals surface area (Å²) in [6, 6.07) is 5.79. The summed E-state index contributed by atoms with van der Waals surface area (Å²) in [5.74, 6) is -1.35. The molecule has 11 heavy (non-hydrogen) atoms. The van der Waals surface area contributed by atoms with E-state index in [1.165, 1.54) is 18.2 Å². The van der Waals surface area contributed by atoms with Crippen LogP contribution in [-0.4, -0.2) is 5.97 Å². The van der Waals surface area contributed by atoms with Crippen molar-refractivity contribution in [2.45, 2.75) is 0 Å². The lowest BCUT2D eigenvalue weighted by Crippen LogP contribution is -2.22. The number of diazo groups is 1. The molecule has 0 saturated carbocycles. The van der Waals surface area contributed by atoms with Crippen LogP contribution in [-0.2, 0) is 0 Å². The van der Waals surface area contributed by atoms with E-state index in [0.29, 0.717) is 0 Å². The summed E-state index contributed by atoms with van der Waals surface area (Å²) < 4.78 is 0. The lowest BCUT2D eigenvalue weighted by molar-refractivity contribution is -0.254. The summed E-state index contributed by atoms with van der Waals surface area (Å²) in [7, 11) is 0. The molecule has 0 aromatic heterocycles. The first kappa shape index (κ1) is 7.22. The number of nitrogens with zero attached hydrogens (tertiary/aromatic N) is 2. The van der Waals surface area contributed by atoms with Crippen LogP contribution in [0.2, 0.25) is 0 Å². The van der Waals surface area contributed by atoms with Crippen molar-refractivity contribution >= 4 is 11.7 Å². The summed E-state index contributed by atoms with van der Waals surface area (Å²) in [5.41, 5.74) is -0.109. The highest BCUT2D eigenvalue weighted by Gasteiger charge is 2.11. The van der Waals surface area contributed by atoms with Crippen LogP contribution in [0.15, 0.2) is 24.3 Å². The third kappa shape index (κ3) is 1.33. The SMILES string of the molecule is N#[N+]c1ccccc1C(=O)[O-].[HH]. The van der Waals surface area contributed by atoms with Gasteiger partial charge in [-0.15, -0.1) is 0 Å². The minimum atomic E-state index is -1.35. The van der Waals surface area contributed by atoms with Gasteiger partial charge in [0.25, 0.3) is 0 Å². The average Bonchev–Trinajstić information content (AvgIpc) is 2.04. The van der Waals surface area contributed by atoms with E-state index in [1.54, 1.807) is 6.07 Å². The molecule has 0 fully saturated rings. The van der Waals surface area contributed by atoms with Gasteiger partial charge in [-0.05, 0) is 6.07 Å². The van der Waals surface area contributed by atoms with Gasteiger partial charge in [0, 0.05) is 7.49 Å². The van der Waals surface area contributed by atoms with Crippen molar-refractivity contribution in [1.29, 1.82) is 5.39 Å². The zero-order chi connectivity index (χ0) is 8.27. The quantitative estimate of drug-likeness (QED) is 0.555. The monoisotopic (exact) mass is 150 g/mol. The predicted molar refractivity (Wildman–Crippen MR) is 37.6 cm³/mol. The first-order chi connectivity index (χ1) is 5.25. The highest BCUT2D eigenvalue weighted by molar-refractivity contribution is 5.92. The van der Waals surface area contributed by atoms with Crippen LogP contribution in [0.4, 0.5) is 5.69 Å². The van der Waals surface area contributed by atoms with Crippen molar-refractivity contribution in [3.63, 3.8) is 0 Å². The molecule has 0 unspecified atom stereocenters. The molecule has 0 spiro atoms. The number of aromatic carboxylic acids is 1. The first-order valence-corrected chi connectivity index (χ1v) is 2.91. The third-order valence-electron chi connectivity index (χ3n) is 1.23. The normalized spacial score (nSPS) is 8.64. The minimum Gasteiger partial charge on any atom is -0.545 e. The van der Waals surface area contributed by atoms with Crippen LogP contribution in [0.1, 0.15) is 11.8 Å². The lowest BCUT2D eigenvalue weighted by Gasteiger charge is -1.95. The largest absolute Gasteiger partial charge is 0.545 e. The van der Waals surface area contributed by atoms with E-state index in [1.807, 2.05) is 0 Å². The molecule has 0 N–H and O–H groups in total. The Kier molecular flexibility index (Phi) is 1.83. The van der Waals surface area contributed by atoms with Crippen molar-refractivity contribution < 1.29 is 11.3 Å².